The third-order valence-electron chi connectivity index (χ3n) is 6.66. The number of hydrogen-bond donors (Lipinski definition) is 1. The topological polar surface area (TPSA) is 69.7 Å². The number of benzene rings is 2. The normalized spacial score (nSPS) is 18.0. The lowest BCUT2D eigenvalue weighted by atomic mass is 9.87. The minimum Gasteiger partial charge on any atom is -0.341 e. The smallest absolute Gasteiger partial charge is 0.256 e. The number of carbonyl (C=O) groups excluding carboxylic acids is 3. The number of hydrogen-bond acceptors (Lipinski definition) is 3. The largest absolute Gasteiger partial charge is 0.341 e. The molecule has 174 valence electrons. The molecule has 2 aliphatic heterocycles. The lowest BCUT2D eigenvalue weighted by Gasteiger charge is -2.38. The van der Waals surface area contributed by atoms with Gasteiger partial charge < -0.3 is 15.1 Å². The van der Waals surface area contributed by atoms with Crippen molar-refractivity contribution in [3.05, 3.63) is 71.5 Å². The molecule has 6 nitrogen and oxygen atoms in total. The van der Waals surface area contributed by atoms with Crippen molar-refractivity contribution >= 4 is 17.7 Å². The van der Waals surface area contributed by atoms with Crippen LogP contribution >= 0.6 is 0 Å². The number of rotatable bonds is 5. The summed E-state index contributed by atoms with van der Waals surface area (Å²) in [6.07, 6.45) is 4.20. The lowest BCUT2D eigenvalue weighted by Crippen LogP contribution is -2.55. The Labute approximate surface area is 193 Å². The van der Waals surface area contributed by atoms with Gasteiger partial charge in [0, 0.05) is 31.7 Å². The molecule has 4 rings (SSSR count). The predicted molar refractivity (Wildman–Crippen MR) is 123 cm³/mol. The van der Waals surface area contributed by atoms with Gasteiger partial charge in [-0.2, -0.15) is 0 Å². The molecule has 1 N–H and O–H groups in total. The molecule has 0 aromatic heterocycles. The fraction of sp³-hybridized carbons (Fsp3) is 0.423. The van der Waals surface area contributed by atoms with Gasteiger partial charge in [-0.3, -0.25) is 14.4 Å². The van der Waals surface area contributed by atoms with Crippen molar-refractivity contribution in [2.24, 2.45) is 5.92 Å². The summed E-state index contributed by atoms with van der Waals surface area (Å²) >= 11 is 0. The maximum absolute atomic E-state index is 14.1. The van der Waals surface area contributed by atoms with Gasteiger partial charge >= 0.3 is 0 Å². The average Bonchev–Trinajstić information content (AvgIpc) is 2.88. The van der Waals surface area contributed by atoms with Crippen molar-refractivity contribution in [1.29, 1.82) is 0 Å². The molecular formula is C26H30FN3O3. The van der Waals surface area contributed by atoms with Gasteiger partial charge in [0.05, 0.1) is 5.56 Å². The van der Waals surface area contributed by atoms with Gasteiger partial charge in [-0.15, -0.1) is 0 Å². The van der Waals surface area contributed by atoms with Gasteiger partial charge in [0.25, 0.3) is 11.8 Å². The quantitative estimate of drug-likeness (QED) is 0.757. The Kier molecular flexibility index (Phi) is 7.37. The summed E-state index contributed by atoms with van der Waals surface area (Å²) in [4.78, 5) is 42.6. The van der Waals surface area contributed by atoms with Crippen molar-refractivity contribution in [3.63, 3.8) is 0 Å². The van der Waals surface area contributed by atoms with Gasteiger partial charge in [0.2, 0.25) is 5.91 Å². The van der Waals surface area contributed by atoms with Crippen LogP contribution < -0.4 is 5.32 Å². The van der Waals surface area contributed by atoms with Gasteiger partial charge in [-0.25, -0.2) is 4.39 Å². The summed E-state index contributed by atoms with van der Waals surface area (Å²) in [6, 6.07) is 14.2. The lowest BCUT2D eigenvalue weighted by molar-refractivity contribution is -0.136. The first kappa shape index (κ1) is 23.0. The maximum Gasteiger partial charge on any atom is 0.256 e. The summed E-state index contributed by atoms with van der Waals surface area (Å²) in [5, 5.41) is 2.99. The Morgan fingerprint density at radius 2 is 1.45 bits per heavy atom. The molecule has 0 saturated carbocycles. The molecule has 0 spiro atoms. The van der Waals surface area contributed by atoms with Gasteiger partial charge in [0.15, 0.2) is 0 Å². The molecule has 3 amide bonds. The van der Waals surface area contributed by atoms with Crippen LogP contribution in [0, 0.1) is 11.7 Å². The highest BCUT2D eigenvalue weighted by Gasteiger charge is 2.36. The third-order valence-corrected chi connectivity index (χ3v) is 6.66. The Bertz CT molecular complexity index is 983. The van der Waals surface area contributed by atoms with Crippen molar-refractivity contribution in [2.75, 3.05) is 26.2 Å². The summed E-state index contributed by atoms with van der Waals surface area (Å²) in [7, 11) is 0. The van der Waals surface area contributed by atoms with Crippen LogP contribution in [0.2, 0.25) is 0 Å². The molecule has 2 aromatic rings. The zero-order valence-electron chi connectivity index (χ0n) is 18.7. The van der Waals surface area contributed by atoms with Gasteiger partial charge in [-0.05, 0) is 62.3 Å². The molecule has 2 aromatic carbocycles. The number of amides is 3. The number of likely N-dealkylation sites (tertiary alicyclic amines) is 2. The van der Waals surface area contributed by atoms with E-state index in [1.165, 1.54) is 12.1 Å². The molecule has 2 heterocycles. The molecule has 0 bridgehead atoms. The van der Waals surface area contributed by atoms with Crippen LogP contribution in [0.15, 0.2) is 54.6 Å². The van der Waals surface area contributed by atoms with Gasteiger partial charge in [-0.1, -0.05) is 30.3 Å². The van der Waals surface area contributed by atoms with E-state index >= 15 is 0 Å². The van der Waals surface area contributed by atoms with E-state index < -0.39 is 11.9 Å². The number of piperidine rings is 2. The maximum atomic E-state index is 14.1. The average molecular weight is 452 g/mol. The SMILES string of the molecule is O=C(NC(C(=O)N1CCCCC1)C1CCN(C(=O)c2ccccc2F)CC1)c1ccccc1. The minimum atomic E-state index is -0.637. The van der Waals surface area contributed by atoms with Crippen molar-refractivity contribution < 1.29 is 18.8 Å². The molecule has 33 heavy (non-hydrogen) atoms. The first-order valence-corrected chi connectivity index (χ1v) is 11.7. The second-order valence-electron chi connectivity index (χ2n) is 8.81. The van der Waals surface area contributed by atoms with E-state index in [2.05, 4.69) is 5.32 Å². The summed E-state index contributed by atoms with van der Waals surface area (Å²) < 4.78 is 14.1. The first-order valence-electron chi connectivity index (χ1n) is 11.7. The molecule has 0 aliphatic carbocycles. The van der Waals surface area contributed by atoms with Crippen molar-refractivity contribution in [3.8, 4) is 0 Å². The van der Waals surface area contributed by atoms with Crippen LogP contribution in [0.5, 0.6) is 0 Å². The molecule has 1 unspecified atom stereocenters. The van der Waals surface area contributed by atoms with E-state index in [1.807, 2.05) is 11.0 Å². The fourth-order valence-corrected chi connectivity index (χ4v) is 4.75. The Morgan fingerprint density at radius 1 is 0.818 bits per heavy atom. The fourth-order valence-electron chi connectivity index (χ4n) is 4.75. The molecule has 7 heteroatoms. The molecule has 2 saturated heterocycles. The second-order valence-corrected chi connectivity index (χ2v) is 8.81. The predicted octanol–water partition coefficient (Wildman–Crippen LogP) is 3.49. The van der Waals surface area contributed by atoms with Crippen LogP contribution in [0.25, 0.3) is 0 Å². The minimum absolute atomic E-state index is 0.0436. The molecule has 2 aliphatic rings. The van der Waals surface area contributed by atoms with Crippen LogP contribution in [0.4, 0.5) is 4.39 Å². The number of halogens is 1. The highest BCUT2D eigenvalue weighted by atomic mass is 19.1. The highest BCUT2D eigenvalue weighted by Crippen LogP contribution is 2.25. The van der Waals surface area contributed by atoms with Crippen LogP contribution in [-0.4, -0.2) is 59.7 Å². The number of carbonyl (C=O) groups is 3. The van der Waals surface area contributed by atoms with Gasteiger partial charge in [0.1, 0.15) is 11.9 Å². The summed E-state index contributed by atoms with van der Waals surface area (Å²) in [5.74, 6) is -1.26. The number of nitrogens with zero attached hydrogens (tertiary/aromatic N) is 2. The van der Waals surface area contributed by atoms with Crippen LogP contribution in [0.1, 0.15) is 52.8 Å². The van der Waals surface area contributed by atoms with Crippen LogP contribution in [-0.2, 0) is 4.79 Å². The number of nitrogens with one attached hydrogen (secondary N) is 1. The Balaban J connectivity index is 1.46. The van der Waals surface area contributed by atoms with E-state index in [-0.39, 0.29) is 29.2 Å². The van der Waals surface area contributed by atoms with E-state index in [4.69, 9.17) is 0 Å². The monoisotopic (exact) mass is 451 g/mol. The zero-order chi connectivity index (χ0) is 23.2. The summed E-state index contributed by atoms with van der Waals surface area (Å²) in [6.45, 7) is 2.26. The molecule has 2 fully saturated rings. The standard InChI is InChI=1S/C26H30FN3O3/c27-22-12-6-5-11-21(22)25(32)30-17-13-19(14-18-30)23(26(33)29-15-7-2-8-16-29)28-24(31)20-9-3-1-4-10-20/h1,3-6,9-12,19,23H,2,7-8,13-18H2,(H,28,31). The first-order chi connectivity index (χ1) is 16.0. The van der Waals surface area contributed by atoms with E-state index in [0.29, 0.717) is 44.6 Å². The highest BCUT2D eigenvalue weighted by molar-refractivity contribution is 5.97. The van der Waals surface area contributed by atoms with E-state index in [9.17, 15) is 18.8 Å². The van der Waals surface area contributed by atoms with Crippen molar-refractivity contribution in [2.45, 2.75) is 38.1 Å². The Morgan fingerprint density at radius 3 is 2.12 bits per heavy atom. The summed E-state index contributed by atoms with van der Waals surface area (Å²) in [5.41, 5.74) is 0.579. The molecule has 0 radical (unpaired) electrons. The van der Waals surface area contributed by atoms with Crippen molar-refractivity contribution in [1.82, 2.24) is 15.1 Å². The van der Waals surface area contributed by atoms with Crippen LogP contribution in [0.3, 0.4) is 0 Å². The zero-order valence-corrected chi connectivity index (χ0v) is 18.7. The second kappa shape index (κ2) is 10.6. The Hall–Kier alpha value is -3.22. The third kappa shape index (κ3) is 5.41. The van der Waals surface area contributed by atoms with E-state index in [0.717, 1.165) is 19.3 Å². The van der Waals surface area contributed by atoms with E-state index in [1.54, 1.807) is 41.3 Å². The molecule has 1 atom stereocenters. The molecular weight excluding hydrogens is 421 g/mol.